The molecule has 0 spiro atoms. The van der Waals surface area contributed by atoms with Crippen LogP contribution in [0.4, 0.5) is 0 Å². The number of ketones is 1. The van der Waals surface area contributed by atoms with Crippen molar-refractivity contribution in [2.75, 3.05) is 0 Å². The lowest BCUT2D eigenvalue weighted by molar-refractivity contribution is -0.120. The molecule has 0 fully saturated rings. The highest BCUT2D eigenvalue weighted by atomic mass is 16.1. The molecule has 0 saturated carbocycles. The van der Waals surface area contributed by atoms with Gasteiger partial charge in [-0.15, -0.1) is 0 Å². The molecule has 0 unspecified atom stereocenters. The lowest BCUT2D eigenvalue weighted by Gasteiger charge is -2.21. The van der Waals surface area contributed by atoms with Gasteiger partial charge in [-0.25, -0.2) is 0 Å². The molecule has 0 atom stereocenters. The molecule has 94 valence electrons. The number of allylic oxidation sites excluding steroid dienone is 2. The zero-order valence-electron chi connectivity index (χ0n) is 10.8. The average Bonchev–Trinajstić information content (AvgIpc) is 2.41. The van der Waals surface area contributed by atoms with E-state index in [1.54, 1.807) is 0 Å². The van der Waals surface area contributed by atoms with Crippen molar-refractivity contribution in [3.05, 3.63) is 60.4 Å². The molecule has 18 heavy (non-hydrogen) atoms. The molecule has 0 N–H and O–H groups in total. The topological polar surface area (TPSA) is 20.3 Å². The number of rotatable bonds is 5. The fraction of sp³-hybridized carbons (Fsp3) is 0.312. The van der Waals surface area contributed by atoms with Crippen molar-refractivity contribution in [1.29, 1.82) is 0 Å². The molecule has 1 aliphatic rings. The molecule has 0 amide bonds. The Bertz CT molecular complexity index is 433. The summed E-state index contributed by atoms with van der Waals surface area (Å²) < 4.78 is 0. The van der Waals surface area contributed by atoms with E-state index in [9.17, 15) is 4.79 Å². The Labute approximate surface area is 109 Å². The van der Waals surface area contributed by atoms with E-state index in [2.05, 4.69) is 17.0 Å². The first-order chi connectivity index (χ1) is 8.79. The second-order valence-corrected chi connectivity index (χ2v) is 4.58. The van der Waals surface area contributed by atoms with Gasteiger partial charge in [0, 0.05) is 25.4 Å². The van der Waals surface area contributed by atoms with Crippen molar-refractivity contribution in [2.45, 2.75) is 26.3 Å². The van der Waals surface area contributed by atoms with E-state index in [1.807, 2.05) is 49.7 Å². The first-order valence-electron chi connectivity index (χ1n) is 6.48. The van der Waals surface area contributed by atoms with E-state index in [-0.39, 0.29) is 5.92 Å². The van der Waals surface area contributed by atoms with E-state index < -0.39 is 0 Å². The van der Waals surface area contributed by atoms with Crippen LogP contribution in [0, 0.1) is 5.92 Å². The normalized spacial score (nSPS) is 15.1. The summed E-state index contributed by atoms with van der Waals surface area (Å²) in [4.78, 5) is 13.8. The van der Waals surface area contributed by atoms with Crippen LogP contribution in [-0.4, -0.2) is 10.7 Å². The Hall–Kier alpha value is -1.83. The van der Waals surface area contributed by atoms with Gasteiger partial charge in [-0.2, -0.15) is 0 Å². The van der Waals surface area contributed by atoms with Gasteiger partial charge < -0.3 is 4.90 Å². The van der Waals surface area contributed by atoms with Gasteiger partial charge in [0.2, 0.25) is 0 Å². The summed E-state index contributed by atoms with van der Waals surface area (Å²) in [6, 6.07) is 10.3. The van der Waals surface area contributed by atoms with Gasteiger partial charge in [-0.1, -0.05) is 49.4 Å². The highest BCUT2D eigenvalue weighted by Crippen LogP contribution is 2.16. The third-order valence-electron chi connectivity index (χ3n) is 3.05. The summed E-state index contributed by atoms with van der Waals surface area (Å²) in [5, 5.41) is 0. The third kappa shape index (κ3) is 3.33. The number of hydrogen-bond donors (Lipinski definition) is 0. The lowest BCUT2D eigenvalue weighted by Crippen LogP contribution is -2.18. The smallest absolute Gasteiger partial charge is 0.143 e. The van der Waals surface area contributed by atoms with Gasteiger partial charge in [0.05, 0.1) is 5.92 Å². The summed E-state index contributed by atoms with van der Waals surface area (Å²) >= 11 is 0. The average molecular weight is 241 g/mol. The minimum atomic E-state index is -0.0306. The van der Waals surface area contributed by atoms with Gasteiger partial charge in [-0.3, -0.25) is 4.79 Å². The van der Waals surface area contributed by atoms with Crippen LogP contribution >= 0.6 is 0 Å². The molecule has 2 heteroatoms. The maximum absolute atomic E-state index is 11.7. The Morgan fingerprint density at radius 3 is 2.44 bits per heavy atom. The molecular weight excluding hydrogens is 222 g/mol. The summed E-state index contributed by atoms with van der Waals surface area (Å²) in [6.45, 7) is 2.89. The third-order valence-corrected chi connectivity index (χ3v) is 3.05. The predicted octanol–water partition coefficient (Wildman–Crippen LogP) is 3.52. The summed E-state index contributed by atoms with van der Waals surface area (Å²) in [5.41, 5.74) is 1.27. The van der Waals surface area contributed by atoms with Gasteiger partial charge in [0.25, 0.3) is 0 Å². The first kappa shape index (κ1) is 12.6. The van der Waals surface area contributed by atoms with Gasteiger partial charge >= 0.3 is 0 Å². The number of nitrogens with zero attached hydrogens (tertiary/aromatic N) is 1. The molecule has 1 aliphatic heterocycles. The fourth-order valence-electron chi connectivity index (χ4n) is 2.05. The van der Waals surface area contributed by atoms with Crippen LogP contribution in [0.15, 0.2) is 54.9 Å². The van der Waals surface area contributed by atoms with Crippen LogP contribution in [-0.2, 0) is 11.3 Å². The molecule has 0 radical (unpaired) electrons. The first-order valence-corrected chi connectivity index (χ1v) is 6.48. The Morgan fingerprint density at radius 2 is 1.83 bits per heavy atom. The highest BCUT2D eigenvalue weighted by molar-refractivity contribution is 5.84. The van der Waals surface area contributed by atoms with Gasteiger partial charge in [-0.05, 0) is 12.0 Å². The molecule has 0 bridgehead atoms. The minimum absolute atomic E-state index is 0.0306. The Balaban J connectivity index is 1.91. The van der Waals surface area contributed by atoms with Crippen molar-refractivity contribution in [3.8, 4) is 0 Å². The maximum atomic E-state index is 11.7. The van der Waals surface area contributed by atoms with Crippen LogP contribution < -0.4 is 0 Å². The van der Waals surface area contributed by atoms with Crippen molar-refractivity contribution < 1.29 is 4.79 Å². The number of hydrogen-bond acceptors (Lipinski definition) is 2. The SMILES string of the molecule is CCCC(=O)C1C=CN(Cc2ccccc2)C=C1. The molecule has 1 heterocycles. The van der Waals surface area contributed by atoms with E-state index >= 15 is 0 Å². The summed E-state index contributed by atoms with van der Waals surface area (Å²) in [6.07, 6.45) is 9.57. The molecule has 0 saturated heterocycles. The van der Waals surface area contributed by atoms with Crippen molar-refractivity contribution in [1.82, 2.24) is 4.90 Å². The van der Waals surface area contributed by atoms with Crippen LogP contribution in [0.25, 0.3) is 0 Å². The maximum Gasteiger partial charge on any atom is 0.143 e. The van der Waals surface area contributed by atoms with Crippen LogP contribution in [0.5, 0.6) is 0 Å². The Kier molecular flexibility index (Phi) is 4.35. The van der Waals surface area contributed by atoms with Crippen LogP contribution in [0.3, 0.4) is 0 Å². The number of carbonyl (C=O) groups is 1. The molecule has 1 aromatic carbocycles. The summed E-state index contributed by atoms with van der Waals surface area (Å²) in [7, 11) is 0. The van der Waals surface area contributed by atoms with Gasteiger partial charge in [0.1, 0.15) is 5.78 Å². The van der Waals surface area contributed by atoms with Crippen LogP contribution in [0.1, 0.15) is 25.3 Å². The molecule has 2 nitrogen and oxygen atoms in total. The van der Waals surface area contributed by atoms with E-state index in [0.29, 0.717) is 12.2 Å². The van der Waals surface area contributed by atoms with Crippen molar-refractivity contribution in [2.24, 2.45) is 5.92 Å². The number of benzene rings is 1. The number of carbonyl (C=O) groups excluding carboxylic acids is 1. The van der Waals surface area contributed by atoms with Gasteiger partial charge in [0.15, 0.2) is 0 Å². The molecule has 0 aromatic heterocycles. The molecule has 0 aliphatic carbocycles. The summed E-state index contributed by atoms with van der Waals surface area (Å²) in [5.74, 6) is 0.279. The molecular formula is C16H19NO. The zero-order valence-corrected chi connectivity index (χ0v) is 10.8. The number of Topliss-reactive ketones (excluding diaryl/α,β-unsaturated/α-hetero) is 1. The van der Waals surface area contributed by atoms with E-state index in [1.165, 1.54) is 5.56 Å². The fourth-order valence-corrected chi connectivity index (χ4v) is 2.05. The molecule has 2 rings (SSSR count). The highest BCUT2D eigenvalue weighted by Gasteiger charge is 2.14. The zero-order chi connectivity index (χ0) is 12.8. The minimum Gasteiger partial charge on any atom is -0.350 e. The van der Waals surface area contributed by atoms with Crippen LogP contribution in [0.2, 0.25) is 0 Å². The monoisotopic (exact) mass is 241 g/mol. The quantitative estimate of drug-likeness (QED) is 0.786. The lowest BCUT2D eigenvalue weighted by atomic mass is 9.99. The predicted molar refractivity (Wildman–Crippen MR) is 73.7 cm³/mol. The van der Waals surface area contributed by atoms with Crippen molar-refractivity contribution >= 4 is 5.78 Å². The van der Waals surface area contributed by atoms with E-state index in [0.717, 1.165) is 13.0 Å². The molecule has 1 aromatic rings. The second kappa shape index (κ2) is 6.20. The second-order valence-electron chi connectivity index (χ2n) is 4.58. The Morgan fingerprint density at radius 1 is 1.17 bits per heavy atom. The standard InChI is InChI=1S/C16H19NO/c1-2-6-16(18)15-9-11-17(12-10-15)13-14-7-4-3-5-8-14/h3-5,7-12,15H,2,6,13H2,1H3. The van der Waals surface area contributed by atoms with Crippen molar-refractivity contribution in [3.63, 3.8) is 0 Å². The largest absolute Gasteiger partial charge is 0.350 e. The van der Waals surface area contributed by atoms with E-state index in [4.69, 9.17) is 0 Å².